The van der Waals surface area contributed by atoms with Gasteiger partial charge >= 0.3 is 5.97 Å². The largest absolute Gasteiger partial charge is 0.481 e. The Morgan fingerprint density at radius 1 is 1.18 bits per heavy atom. The fourth-order valence-corrected chi connectivity index (χ4v) is 2.68. The summed E-state index contributed by atoms with van der Waals surface area (Å²) in [5.41, 5.74) is 1.06. The van der Waals surface area contributed by atoms with Crippen molar-refractivity contribution in [2.24, 2.45) is 11.8 Å². The van der Waals surface area contributed by atoms with Crippen molar-refractivity contribution in [1.82, 2.24) is 0 Å². The molecule has 0 aliphatic heterocycles. The third-order valence-electron chi connectivity index (χ3n) is 3.71. The van der Waals surface area contributed by atoms with Crippen molar-refractivity contribution in [2.75, 3.05) is 5.32 Å². The molecule has 0 saturated heterocycles. The molecule has 1 amide bonds. The first-order chi connectivity index (χ1) is 10.4. The Morgan fingerprint density at radius 3 is 2.36 bits per heavy atom. The minimum Gasteiger partial charge on any atom is -0.481 e. The number of rotatable bonds is 4. The molecule has 2 rings (SSSR count). The van der Waals surface area contributed by atoms with Crippen molar-refractivity contribution in [3.8, 4) is 0 Å². The average molecular weight is 322 g/mol. The highest BCUT2D eigenvalue weighted by molar-refractivity contribution is 6.29. The highest BCUT2D eigenvalue weighted by Crippen LogP contribution is 2.32. The topological polar surface area (TPSA) is 83.5 Å². The number of hydrogen-bond donors (Lipinski definition) is 2. The molecule has 1 aliphatic carbocycles. The third kappa shape index (κ3) is 3.74. The fourth-order valence-electron chi connectivity index (χ4n) is 2.43. The Kier molecular flexibility index (Phi) is 4.98. The Labute approximate surface area is 133 Å². The zero-order chi connectivity index (χ0) is 16.3. The predicted octanol–water partition coefficient (Wildman–Crippen LogP) is 3.06. The van der Waals surface area contributed by atoms with Gasteiger partial charge < -0.3 is 10.4 Å². The summed E-state index contributed by atoms with van der Waals surface area (Å²) in [4.78, 5) is 34.8. The number of carbonyl (C=O) groups is 3. The molecule has 22 heavy (non-hydrogen) atoms. The summed E-state index contributed by atoms with van der Waals surface area (Å²) in [5, 5.41) is 12.4. The summed E-state index contributed by atoms with van der Waals surface area (Å²) in [5.74, 6) is -2.93. The molecule has 0 unspecified atom stereocenters. The van der Waals surface area contributed by atoms with E-state index in [0.29, 0.717) is 16.3 Å². The summed E-state index contributed by atoms with van der Waals surface area (Å²) >= 11 is 5.93. The van der Waals surface area contributed by atoms with Gasteiger partial charge in [0.2, 0.25) is 5.91 Å². The first-order valence-corrected chi connectivity index (χ1v) is 7.25. The minimum atomic E-state index is -1.01. The molecule has 0 bridgehead atoms. The van der Waals surface area contributed by atoms with Crippen LogP contribution in [0.25, 0.3) is 0 Å². The number of aliphatic carboxylic acids is 1. The van der Waals surface area contributed by atoms with Crippen molar-refractivity contribution in [3.63, 3.8) is 0 Å². The SMILES string of the molecule is CC(=O)c1ccc(NC(=O)[C@@H]2CC(Cl)=CC[C@@H]2C(=O)O)cc1. The summed E-state index contributed by atoms with van der Waals surface area (Å²) in [6, 6.07) is 6.45. The predicted molar refractivity (Wildman–Crippen MR) is 82.9 cm³/mol. The van der Waals surface area contributed by atoms with Gasteiger partial charge in [-0.1, -0.05) is 17.7 Å². The standard InChI is InChI=1S/C16H16ClNO4/c1-9(19)10-2-5-12(6-3-10)18-15(20)14-8-11(17)4-7-13(14)16(21)22/h2-6,13-14H,7-8H2,1H3,(H,18,20)(H,21,22)/t13-,14+/m0/s1. The molecular weight excluding hydrogens is 306 g/mol. The number of allylic oxidation sites excluding steroid dienone is 2. The summed E-state index contributed by atoms with van der Waals surface area (Å²) in [6.45, 7) is 1.46. The van der Waals surface area contributed by atoms with Crippen LogP contribution < -0.4 is 5.32 Å². The number of carbonyl (C=O) groups excluding carboxylic acids is 2. The van der Waals surface area contributed by atoms with Crippen molar-refractivity contribution in [2.45, 2.75) is 19.8 Å². The Morgan fingerprint density at radius 2 is 1.82 bits per heavy atom. The average Bonchev–Trinajstić information content (AvgIpc) is 2.47. The number of benzene rings is 1. The maximum atomic E-state index is 12.3. The molecule has 0 heterocycles. The van der Waals surface area contributed by atoms with Crippen LogP contribution in [0.15, 0.2) is 35.4 Å². The van der Waals surface area contributed by atoms with E-state index in [-0.39, 0.29) is 24.5 Å². The molecule has 0 spiro atoms. The van der Waals surface area contributed by atoms with E-state index in [4.69, 9.17) is 11.6 Å². The van der Waals surface area contributed by atoms with Gasteiger partial charge in [-0.15, -0.1) is 0 Å². The Bertz CT molecular complexity index is 636. The van der Waals surface area contributed by atoms with E-state index in [9.17, 15) is 19.5 Å². The van der Waals surface area contributed by atoms with E-state index in [1.807, 2.05) is 0 Å². The quantitative estimate of drug-likeness (QED) is 0.835. The number of carboxylic acid groups (broad SMARTS) is 1. The highest BCUT2D eigenvalue weighted by atomic mass is 35.5. The van der Waals surface area contributed by atoms with Gasteiger partial charge in [-0.25, -0.2) is 0 Å². The first kappa shape index (κ1) is 16.2. The van der Waals surface area contributed by atoms with Gasteiger partial charge in [0.1, 0.15) is 0 Å². The zero-order valence-electron chi connectivity index (χ0n) is 12.0. The number of nitrogens with one attached hydrogen (secondary N) is 1. The van der Waals surface area contributed by atoms with Crippen LogP contribution >= 0.6 is 11.6 Å². The lowest BCUT2D eigenvalue weighted by Gasteiger charge is -2.25. The number of halogens is 1. The number of carboxylic acids is 1. The van der Waals surface area contributed by atoms with Crippen molar-refractivity contribution >= 4 is 34.9 Å². The lowest BCUT2D eigenvalue weighted by atomic mass is 9.82. The van der Waals surface area contributed by atoms with Crippen LogP contribution in [0.3, 0.4) is 0 Å². The normalized spacial score (nSPS) is 20.9. The van der Waals surface area contributed by atoms with Gasteiger partial charge in [-0.05, 0) is 44.0 Å². The number of Topliss-reactive ketones (excluding diaryl/α,β-unsaturated/α-hetero) is 1. The Hall–Kier alpha value is -2.14. The lowest BCUT2D eigenvalue weighted by molar-refractivity contribution is -0.146. The number of amides is 1. The van der Waals surface area contributed by atoms with Crippen molar-refractivity contribution in [3.05, 3.63) is 40.9 Å². The van der Waals surface area contributed by atoms with E-state index in [2.05, 4.69) is 5.32 Å². The smallest absolute Gasteiger partial charge is 0.307 e. The molecule has 2 N–H and O–H groups in total. The fraction of sp³-hybridized carbons (Fsp3) is 0.312. The number of hydrogen-bond acceptors (Lipinski definition) is 3. The van der Waals surface area contributed by atoms with Crippen molar-refractivity contribution in [1.29, 1.82) is 0 Å². The van der Waals surface area contributed by atoms with Crippen LogP contribution in [-0.4, -0.2) is 22.8 Å². The molecule has 1 aliphatic rings. The molecule has 6 heteroatoms. The minimum absolute atomic E-state index is 0.0620. The summed E-state index contributed by atoms with van der Waals surface area (Å²) < 4.78 is 0. The summed E-state index contributed by atoms with van der Waals surface area (Å²) in [6.07, 6.45) is 2.11. The molecule has 0 fully saturated rings. The van der Waals surface area contributed by atoms with Gasteiger partial charge in [0.05, 0.1) is 11.8 Å². The molecular formula is C16H16ClNO4. The van der Waals surface area contributed by atoms with Crippen molar-refractivity contribution < 1.29 is 19.5 Å². The number of ketones is 1. The Balaban J connectivity index is 2.11. The number of anilines is 1. The van der Waals surface area contributed by atoms with E-state index < -0.39 is 17.8 Å². The zero-order valence-corrected chi connectivity index (χ0v) is 12.8. The lowest BCUT2D eigenvalue weighted by Crippen LogP contribution is -2.35. The molecule has 1 aromatic carbocycles. The monoisotopic (exact) mass is 321 g/mol. The maximum absolute atomic E-state index is 12.3. The molecule has 1 aromatic rings. The van der Waals surface area contributed by atoms with Gasteiger partial charge in [0.25, 0.3) is 0 Å². The van der Waals surface area contributed by atoms with Gasteiger partial charge in [-0.3, -0.25) is 14.4 Å². The molecule has 2 atom stereocenters. The van der Waals surface area contributed by atoms with Gasteiger partial charge in [0.15, 0.2) is 5.78 Å². The molecule has 0 radical (unpaired) electrons. The first-order valence-electron chi connectivity index (χ1n) is 6.87. The van der Waals surface area contributed by atoms with Crippen LogP contribution in [0.5, 0.6) is 0 Å². The second kappa shape index (κ2) is 6.75. The van der Waals surface area contributed by atoms with Crippen LogP contribution in [-0.2, 0) is 9.59 Å². The van der Waals surface area contributed by atoms with E-state index in [1.54, 1.807) is 30.3 Å². The third-order valence-corrected chi connectivity index (χ3v) is 4.02. The van der Waals surface area contributed by atoms with E-state index >= 15 is 0 Å². The van der Waals surface area contributed by atoms with Crippen LogP contribution in [0.2, 0.25) is 0 Å². The van der Waals surface area contributed by atoms with Gasteiger partial charge in [-0.2, -0.15) is 0 Å². The van der Waals surface area contributed by atoms with Gasteiger partial charge in [0, 0.05) is 16.3 Å². The summed E-state index contributed by atoms with van der Waals surface area (Å²) in [7, 11) is 0. The maximum Gasteiger partial charge on any atom is 0.307 e. The van der Waals surface area contributed by atoms with Crippen LogP contribution in [0.1, 0.15) is 30.1 Å². The van der Waals surface area contributed by atoms with Crippen LogP contribution in [0.4, 0.5) is 5.69 Å². The molecule has 5 nitrogen and oxygen atoms in total. The van der Waals surface area contributed by atoms with E-state index in [0.717, 1.165) is 0 Å². The molecule has 0 saturated carbocycles. The highest BCUT2D eigenvalue weighted by Gasteiger charge is 2.36. The molecule has 0 aromatic heterocycles. The second-order valence-electron chi connectivity index (χ2n) is 5.26. The molecule has 116 valence electrons. The second-order valence-corrected chi connectivity index (χ2v) is 5.75. The van der Waals surface area contributed by atoms with Crippen LogP contribution in [0, 0.1) is 11.8 Å². The van der Waals surface area contributed by atoms with E-state index in [1.165, 1.54) is 6.92 Å².